The van der Waals surface area contributed by atoms with Crippen LogP contribution in [0.5, 0.6) is 0 Å². The summed E-state index contributed by atoms with van der Waals surface area (Å²) in [5.74, 6) is -1.00. The number of carbonyl (C=O) groups is 2. The number of nitrogens with one attached hydrogen (secondary N) is 1. The van der Waals surface area contributed by atoms with Gasteiger partial charge in [0.05, 0.1) is 36.2 Å². The Balaban J connectivity index is 1.61. The molecular formula is C25H23N3O3. The van der Waals surface area contributed by atoms with Gasteiger partial charge in [0.1, 0.15) is 0 Å². The van der Waals surface area contributed by atoms with Gasteiger partial charge in [0.15, 0.2) is 0 Å². The predicted molar refractivity (Wildman–Crippen MR) is 120 cm³/mol. The summed E-state index contributed by atoms with van der Waals surface area (Å²) in [6, 6.07) is 22.4. The predicted octanol–water partition coefficient (Wildman–Crippen LogP) is 4.59. The number of carboxylic acid groups (broad SMARTS) is 1. The maximum atomic E-state index is 12.5. The van der Waals surface area contributed by atoms with Crippen LogP contribution in [0.4, 0.5) is 5.69 Å². The number of benzene rings is 3. The van der Waals surface area contributed by atoms with Crippen LogP contribution < -0.4 is 5.32 Å². The maximum absolute atomic E-state index is 12.5. The van der Waals surface area contributed by atoms with Crippen LogP contribution in [0.2, 0.25) is 0 Å². The van der Waals surface area contributed by atoms with E-state index in [1.165, 1.54) is 0 Å². The number of aromatic nitrogens is 2. The molecule has 1 heterocycles. The van der Waals surface area contributed by atoms with E-state index in [1.807, 2.05) is 78.2 Å². The first-order chi connectivity index (χ1) is 15.0. The molecule has 0 fully saturated rings. The highest BCUT2D eigenvalue weighted by Crippen LogP contribution is 2.28. The van der Waals surface area contributed by atoms with Gasteiger partial charge in [-0.05, 0) is 36.2 Å². The molecule has 0 aliphatic carbocycles. The molecule has 3 aromatic carbocycles. The van der Waals surface area contributed by atoms with E-state index in [9.17, 15) is 14.7 Å². The molecule has 1 amide bonds. The third-order valence-electron chi connectivity index (χ3n) is 5.23. The van der Waals surface area contributed by atoms with Crippen molar-refractivity contribution in [3.05, 3.63) is 95.8 Å². The second-order valence-electron chi connectivity index (χ2n) is 7.59. The van der Waals surface area contributed by atoms with Gasteiger partial charge in [-0.25, -0.2) is 4.98 Å². The second-order valence-corrected chi connectivity index (χ2v) is 7.59. The van der Waals surface area contributed by atoms with Crippen LogP contribution in [0, 0.1) is 6.92 Å². The number of nitrogens with zero attached hydrogens (tertiary/aromatic N) is 2. The second kappa shape index (κ2) is 8.83. The summed E-state index contributed by atoms with van der Waals surface area (Å²) < 4.78 is 1.86. The molecule has 6 heteroatoms. The van der Waals surface area contributed by atoms with Crippen LogP contribution in [-0.4, -0.2) is 26.5 Å². The zero-order valence-electron chi connectivity index (χ0n) is 17.2. The van der Waals surface area contributed by atoms with E-state index in [0.717, 1.165) is 27.7 Å². The van der Waals surface area contributed by atoms with Gasteiger partial charge in [-0.1, -0.05) is 60.2 Å². The Hall–Kier alpha value is -3.93. The van der Waals surface area contributed by atoms with E-state index in [-0.39, 0.29) is 18.7 Å². The summed E-state index contributed by atoms with van der Waals surface area (Å²) in [5, 5.41) is 12.4. The number of aliphatic carboxylic acids is 1. The number of aryl methyl sites for hydroxylation is 1. The molecule has 1 unspecified atom stereocenters. The van der Waals surface area contributed by atoms with Crippen molar-refractivity contribution in [2.75, 3.05) is 5.32 Å². The Morgan fingerprint density at radius 2 is 1.77 bits per heavy atom. The highest BCUT2D eigenvalue weighted by Gasteiger charge is 2.20. The first-order valence-electron chi connectivity index (χ1n) is 10.1. The van der Waals surface area contributed by atoms with Gasteiger partial charge < -0.3 is 15.0 Å². The third kappa shape index (κ3) is 4.80. The molecule has 0 saturated carbocycles. The van der Waals surface area contributed by atoms with E-state index in [2.05, 4.69) is 10.3 Å². The number of carboxylic acids is 1. The van der Waals surface area contributed by atoms with E-state index in [0.29, 0.717) is 5.69 Å². The average Bonchev–Trinajstić information content (AvgIpc) is 3.17. The normalized spacial score (nSPS) is 11.9. The molecule has 0 aliphatic rings. The van der Waals surface area contributed by atoms with Crippen LogP contribution in [0.3, 0.4) is 0 Å². The van der Waals surface area contributed by atoms with Gasteiger partial charge in [-0.2, -0.15) is 0 Å². The van der Waals surface area contributed by atoms with Gasteiger partial charge in [0.25, 0.3) is 0 Å². The van der Waals surface area contributed by atoms with Gasteiger partial charge in [-0.15, -0.1) is 0 Å². The lowest BCUT2D eigenvalue weighted by Gasteiger charge is -2.18. The standard InChI is InChI=1S/C25H23N3O3/c1-17-7-9-18(10-8-17)13-24(29)27-20-11-12-21-23(14-20)28(16-26-21)22(15-25(30)31)19-5-3-2-4-6-19/h2-12,14,16,22H,13,15H2,1H3,(H,27,29)(H,30,31). The smallest absolute Gasteiger partial charge is 0.305 e. The summed E-state index contributed by atoms with van der Waals surface area (Å²) in [7, 11) is 0. The van der Waals surface area contributed by atoms with E-state index in [1.54, 1.807) is 12.4 Å². The van der Waals surface area contributed by atoms with Crippen molar-refractivity contribution in [3.63, 3.8) is 0 Å². The molecule has 1 aromatic heterocycles. The van der Waals surface area contributed by atoms with Crippen molar-refractivity contribution < 1.29 is 14.7 Å². The third-order valence-corrected chi connectivity index (χ3v) is 5.23. The lowest BCUT2D eigenvalue weighted by atomic mass is 10.0. The lowest BCUT2D eigenvalue weighted by molar-refractivity contribution is -0.137. The van der Waals surface area contributed by atoms with Crippen molar-refractivity contribution in [3.8, 4) is 0 Å². The van der Waals surface area contributed by atoms with Crippen LogP contribution in [0.25, 0.3) is 11.0 Å². The van der Waals surface area contributed by atoms with Crippen LogP contribution in [0.15, 0.2) is 79.1 Å². The van der Waals surface area contributed by atoms with Gasteiger partial charge in [-0.3, -0.25) is 9.59 Å². The maximum Gasteiger partial charge on any atom is 0.305 e. The summed E-state index contributed by atoms with van der Waals surface area (Å²) in [4.78, 5) is 28.5. The Bertz CT molecular complexity index is 1210. The van der Waals surface area contributed by atoms with Crippen molar-refractivity contribution >= 4 is 28.6 Å². The van der Waals surface area contributed by atoms with Gasteiger partial charge >= 0.3 is 5.97 Å². The summed E-state index contributed by atoms with van der Waals surface area (Å²) in [6.45, 7) is 2.01. The number of amides is 1. The molecule has 4 aromatic rings. The molecule has 6 nitrogen and oxygen atoms in total. The highest BCUT2D eigenvalue weighted by atomic mass is 16.4. The van der Waals surface area contributed by atoms with E-state index in [4.69, 9.17) is 0 Å². The highest BCUT2D eigenvalue weighted by molar-refractivity contribution is 5.94. The summed E-state index contributed by atoms with van der Waals surface area (Å²) in [6.07, 6.45) is 1.87. The molecule has 1 atom stereocenters. The Morgan fingerprint density at radius 1 is 1.03 bits per heavy atom. The number of hydrogen-bond donors (Lipinski definition) is 2. The fourth-order valence-corrected chi connectivity index (χ4v) is 3.67. The number of imidazole rings is 1. The summed E-state index contributed by atoms with van der Waals surface area (Å²) in [5.41, 5.74) is 5.13. The molecule has 0 spiro atoms. The molecule has 156 valence electrons. The SMILES string of the molecule is Cc1ccc(CC(=O)Nc2ccc3ncn(C(CC(=O)O)c4ccccc4)c3c2)cc1. The number of fused-ring (bicyclic) bond motifs is 1. The molecule has 31 heavy (non-hydrogen) atoms. The van der Waals surface area contributed by atoms with Crippen LogP contribution >= 0.6 is 0 Å². The van der Waals surface area contributed by atoms with E-state index < -0.39 is 12.0 Å². The van der Waals surface area contributed by atoms with Crippen LogP contribution in [-0.2, 0) is 16.0 Å². The number of carbonyl (C=O) groups excluding carboxylic acids is 1. The molecule has 0 radical (unpaired) electrons. The Morgan fingerprint density at radius 3 is 2.48 bits per heavy atom. The number of anilines is 1. The Labute approximate surface area is 180 Å². The fraction of sp³-hybridized carbons (Fsp3) is 0.160. The monoisotopic (exact) mass is 413 g/mol. The topological polar surface area (TPSA) is 84.2 Å². The first-order valence-corrected chi connectivity index (χ1v) is 10.1. The van der Waals surface area contributed by atoms with E-state index >= 15 is 0 Å². The van der Waals surface area contributed by atoms with Crippen LogP contribution in [0.1, 0.15) is 29.2 Å². The zero-order chi connectivity index (χ0) is 21.8. The van der Waals surface area contributed by atoms with Crippen molar-refractivity contribution in [1.82, 2.24) is 9.55 Å². The van der Waals surface area contributed by atoms with Crippen molar-refractivity contribution in [2.24, 2.45) is 0 Å². The molecule has 2 N–H and O–H groups in total. The average molecular weight is 413 g/mol. The molecule has 0 bridgehead atoms. The van der Waals surface area contributed by atoms with Gasteiger partial charge in [0.2, 0.25) is 5.91 Å². The fourth-order valence-electron chi connectivity index (χ4n) is 3.67. The quantitative estimate of drug-likeness (QED) is 0.464. The van der Waals surface area contributed by atoms with Crippen molar-refractivity contribution in [2.45, 2.75) is 25.8 Å². The Kier molecular flexibility index (Phi) is 5.80. The minimum Gasteiger partial charge on any atom is -0.481 e. The summed E-state index contributed by atoms with van der Waals surface area (Å²) >= 11 is 0. The minimum atomic E-state index is -0.891. The molecule has 0 saturated heterocycles. The lowest BCUT2D eigenvalue weighted by Crippen LogP contribution is -2.15. The first kappa shape index (κ1) is 20.3. The zero-order valence-corrected chi connectivity index (χ0v) is 17.2. The minimum absolute atomic E-state index is 0.0700. The van der Waals surface area contributed by atoms with Crippen molar-refractivity contribution in [1.29, 1.82) is 0 Å². The molecule has 0 aliphatic heterocycles. The molecular weight excluding hydrogens is 390 g/mol. The number of rotatable bonds is 7. The number of hydrogen-bond acceptors (Lipinski definition) is 3. The largest absolute Gasteiger partial charge is 0.481 e. The van der Waals surface area contributed by atoms with Gasteiger partial charge in [0, 0.05) is 5.69 Å². The molecule has 4 rings (SSSR count).